The molecule has 1 amide bonds. The first kappa shape index (κ1) is 12.8. The zero-order valence-electron chi connectivity index (χ0n) is 10.1. The smallest absolute Gasteiger partial charge is 0.251 e. The molecule has 0 aliphatic heterocycles. The van der Waals surface area contributed by atoms with Crippen molar-refractivity contribution in [2.24, 2.45) is 5.92 Å². The van der Waals surface area contributed by atoms with E-state index in [1.807, 2.05) is 0 Å². The van der Waals surface area contributed by atoms with Gasteiger partial charge >= 0.3 is 0 Å². The van der Waals surface area contributed by atoms with Crippen LogP contribution >= 0.6 is 0 Å². The number of carbonyl (C=O) groups is 1. The predicted octanol–water partition coefficient (Wildman–Crippen LogP) is 1.33. The average molecular weight is 253 g/mol. The van der Waals surface area contributed by atoms with Crippen molar-refractivity contribution in [1.82, 2.24) is 5.32 Å². The second kappa shape index (κ2) is 5.35. The summed E-state index contributed by atoms with van der Waals surface area (Å²) in [5.41, 5.74) is 0.369. The summed E-state index contributed by atoms with van der Waals surface area (Å²) in [6, 6.07) is 4.00. The molecule has 0 heterocycles. The largest absolute Gasteiger partial charge is 0.494 e. The molecule has 18 heavy (non-hydrogen) atoms. The minimum atomic E-state index is -0.490. The summed E-state index contributed by atoms with van der Waals surface area (Å²) < 4.78 is 18.0. The Morgan fingerprint density at radius 2 is 2.28 bits per heavy atom. The van der Waals surface area contributed by atoms with Gasteiger partial charge < -0.3 is 15.2 Å². The fourth-order valence-corrected chi connectivity index (χ4v) is 2.01. The van der Waals surface area contributed by atoms with Crippen molar-refractivity contribution in [3.05, 3.63) is 29.6 Å². The van der Waals surface area contributed by atoms with Crippen molar-refractivity contribution < 1.29 is 19.0 Å². The van der Waals surface area contributed by atoms with Gasteiger partial charge in [0.2, 0.25) is 0 Å². The van der Waals surface area contributed by atoms with E-state index in [0.717, 1.165) is 12.8 Å². The maximum atomic E-state index is 13.2. The van der Waals surface area contributed by atoms with Crippen LogP contribution in [0.3, 0.4) is 0 Å². The van der Waals surface area contributed by atoms with E-state index in [9.17, 15) is 9.18 Å². The molecule has 1 aliphatic rings. The van der Waals surface area contributed by atoms with E-state index in [-0.39, 0.29) is 17.8 Å². The predicted molar refractivity (Wildman–Crippen MR) is 64.0 cm³/mol. The molecule has 98 valence electrons. The molecule has 1 saturated carbocycles. The molecule has 0 spiro atoms. The highest BCUT2D eigenvalue weighted by Gasteiger charge is 2.27. The van der Waals surface area contributed by atoms with E-state index in [4.69, 9.17) is 9.84 Å². The Bertz CT molecular complexity index is 444. The number of nitrogens with one attached hydrogen (secondary N) is 1. The molecule has 1 fully saturated rings. The number of hydrogen-bond acceptors (Lipinski definition) is 3. The molecule has 2 rings (SSSR count). The quantitative estimate of drug-likeness (QED) is 0.851. The van der Waals surface area contributed by atoms with Gasteiger partial charge in [-0.15, -0.1) is 0 Å². The van der Waals surface area contributed by atoms with E-state index in [1.165, 1.54) is 25.3 Å². The molecule has 0 saturated heterocycles. The second-order valence-corrected chi connectivity index (χ2v) is 4.55. The lowest BCUT2D eigenvalue weighted by Gasteiger charge is -2.31. The maximum Gasteiger partial charge on any atom is 0.251 e. The number of aliphatic hydroxyl groups is 1. The van der Waals surface area contributed by atoms with Crippen LogP contribution in [0.5, 0.6) is 5.75 Å². The van der Waals surface area contributed by atoms with Crippen molar-refractivity contribution >= 4 is 5.91 Å². The van der Waals surface area contributed by atoms with Crippen molar-refractivity contribution in [2.45, 2.75) is 18.9 Å². The minimum Gasteiger partial charge on any atom is -0.494 e. The number of ether oxygens (including phenoxy) is 1. The van der Waals surface area contributed by atoms with Crippen LogP contribution in [0.4, 0.5) is 4.39 Å². The Labute approximate surface area is 105 Å². The first-order valence-corrected chi connectivity index (χ1v) is 5.90. The summed E-state index contributed by atoms with van der Waals surface area (Å²) in [6.45, 7) is 0.537. The number of hydrogen-bond donors (Lipinski definition) is 2. The lowest BCUT2D eigenvalue weighted by molar-refractivity contribution is 0.0420. The molecule has 1 aliphatic carbocycles. The molecule has 0 unspecified atom stereocenters. The van der Waals surface area contributed by atoms with Crippen molar-refractivity contribution in [3.8, 4) is 5.75 Å². The van der Waals surface area contributed by atoms with Crippen molar-refractivity contribution in [1.29, 1.82) is 0 Å². The Morgan fingerprint density at radius 1 is 1.56 bits per heavy atom. The van der Waals surface area contributed by atoms with Crippen LogP contribution in [0.1, 0.15) is 23.2 Å². The molecule has 5 heteroatoms. The monoisotopic (exact) mass is 253 g/mol. The summed E-state index contributed by atoms with van der Waals surface area (Å²) in [5.74, 6) is -0.348. The van der Waals surface area contributed by atoms with Gasteiger partial charge in [0, 0.05) is 12.1 Å². The Morgan fingerprint density at radius 3 is 2.89 bits per heavy atom. The van der Waals surface area contributed by atoms with Gasteiger partial charge in [-0.25, -0.2) is 4.39 Å². The molecular weight excluding hydrogens is 237 g/mol. The van der Waals surface area contributed by atoms with E-state index in [2.05, 4.69) is 5.32 Å². The van der Waals surface area contributed by atoms with Gasteiger partial charge in [0.15, 0.2) is 11.6 Å². The fraction of sp³-hybridized carbons (Fsp3) is 0.462. The lowest BCUT2D eigenvalue weighted by atomic mass is 9.82. The van der Waals surface area contributed by atoms with Crippen LogP contribution in [0.25, 0.3) is 0 Å². The molecule has 0 bridgehead atoms. The normalized spacial score (nSPS) is 22.2. The Kier molecular flexibility index (Phi) is 3.81. The summed E-state index contributed by atoms with van der Waals surface area (Å²) >= 11 is 0. The first-order chi connectivity index (χ1) is 8.60. The number of benzene rings is 1. The van der Waals surface area contributed by atoms with Gasteiger partial charge in [0.05, 0.1) is 13.2 Å². The van der Waals surface area contributed by atoms with Crippen LogP contribution in [-0.4, -0.2) is 30.8 Å². The Hall–Kier alpha value is -1.62. The van der Waals surface area contributed by atoms with Crippen LogP contribution in [0.15, 0.2) is 18.2 Å². The highest BCUT2D eigenvalue weighted by atomic mass is 19.1. The van der Waals surface area contributed by atoms with E-state index in [0.29, 0.717) is 18.0 Å². The zero-order chi connectivity index (χ0) is 13.1. The first-order valence-electron chi connectivity index (χ1n) is 5.90. The highest BCUT2D eigenvalue weighted by molar-refractivity contribution is 5.94. The number of methoxy groups -OCH3 is 1. The number of rotatable bonds is 4. The summed E-state index contributed by atoms with van der Waals surface area (Å²) in [6.07, 6.45) is 1.23. The summed E-state index contributed by atoms with van der Waals surface area (Å²) in [4.78, 5) is 11.8. The molecular formula is C13H16FNO3. The van der Waals surface area contributed by atoms with Gasteiger partial charge in [0.25, 0.3) is 5.91 Å². The minimum absolute atomic E-state index is 0.0571. The van der Waals surface area contributed by atoms with Crippen molar-refractivity contribution in [2.75, 3.05) is 13.7 Å². The molecule has 4 nitrogen and oxygen atoms in total. The van der Waals surface area contributed by atoms with Gasteiger partial charge in [-0.05, 0) is 37.0 Å². The van der Waals surface area contributed by atoms with Gasteiger partial charge in [-0.3, -0.25) is 4.79 Å². The Balaban J connectivity index is 1.92. The second-order valence-electron chi connectivity index (χ2n) is 4.55. The molecule has 1 aromatic rings. The van der Waals surface area contributed by atoms with Crippen LogP contribution in [0, 0.1) is 11.7 Å². The molecule has 1 aromatic carbocycles. The third-order valence-electron chi connectivity index (χ3n) is 3.18. The van der Waals surface area contributed by atoms with E-state index in [1.54, 1.807) is 0 Å². The third kappa shape index (κ3) is 2.79. The lowest BCUT2D eigenvalue weighted by Crippen LogP contribution is -2.38. The zero-order valence-corrected chi connectivity index (χ0v) is 10.1. The maximum absolute atomic E-state index is 13.2. The van der Waals surface area contributed by atoms with E-state index >= 15 is 0 Å². The number of halogens is 1. The number of amides is 1. The fourth-order valence-electron chi connectivity index (χ4n) is 2.01. The van der Waals surface area contributed by atoms with Crippen molar-refractivity contribution in [3.63, 3.8) is 0 Å². The summed E-state index contributed by atoms with van der Waals surface area (Å²) in [5, 5.41) is 11.9. The topological polar surface area (TPSA) is 58.6 Å². The van der Waals surface area contributed by atoms with Crippen LogP contribution < -0.4 is 10.1 Å². The molecule has 2 N–H and O–H groups in total. The molecule has 0 radical (unpaired) electrons. The molecule has 0 aromatic heterocycles. The molecule has 0 atom stereocenters. The SMILES string of the molecule is COc1cc(C(=O)NCC2CC(O)C2)ccc1F. The highest BCUT2D eigenvalue weighted by Crippen LogP contribution is 2.26. The van der Waals surface area contributed by atoms with Crippen LogP contribution in [0.2, 0.25) is 0 Å². The van der Waals surface area contributed by atoms with Crippen LogP contribution in [-0.2, 0) is 0 Å². The third-order valence-corrected chi connectivity index (χ3v) is 3.18. The van der Waals surface area contributed by atoms with Gasteiger partial charge in [-0.1, -0.05) is 0 Å². The summed E-state index contributed by atoms with van der Waals surface area (Å²) in [7, 11) is 1.36. The van der Waals surface area contributed by atoms with Gasteiger partial charge in [0.1, 0.15) is 0 Å². The van der Waals surface area contributed by atoms with E-state index < -0.39 is 5.82 Å². The number of carbonyl (C=O) groups excluding carboxylic acids is 1. The van der Waals surface area contributed by atoms with Gasteiger partial charge in [-0.2, -0.15) is 0 Å². The standard InChI is InChI=1S/C13H16FNO3/c1-18-12-6-9(2-3-11(12)14)13(17)15-7-8-4-10(16)5-8/h2-3,6,8,10,16H,4-5,7H2,1H3,(H,15,17). The number of aliphatic hydroxyl groups excluding tert-OH is 1. The average Bonchev–Trinajstić information content (AvgIpc) is 2.33.